The van der Waals surface area contributed by atoms with Crippen LogP contribution in [0.3, 0.4) is 0 Å². The molecule has 0 aliphatic heterocycles. The summed E-state index contributed by atoms with van der Waals surface area (Å²) in [5, 5.41) is 12.6. The lowest BCUT2D eigenvalue weighted by Gasteiger charge is -2.29. The molecule has 0 radical (unpaired) electrons. The summed E-state index contributed by atoms with van der Waals surface area (Å²) in [5.41, 5.74) is -0.593. The summed E-state index contributed by atoms with van der Waals surface area (Å²) in [6.07, 6.45) is 9.38. The fourth-order valence-corrected chi connectivity index (χ4v) is 2.58. The summed E-state index contributed by atoms with van der Waals surface area (Å²) in [7, 11) is 0. The van der Waals surface area contributed by atoms with Gasteiger partial charge in [-0.25, -0.2) is 9.97 Å². The first-order chi connectivity index (χ1) is 9.65. The normalized spacial score (nSPS) is 18.4. The molecule has 1 saturated carbocycles. The van der Waals surface area contributed by atoms with E-state index in [2.05, 4.69) is 21.4 Å². The van der Waals surface area contributed by atoms with Crippen LogP contribution in [0.1, 0.15) is 55.4 Å². The summed E-state index contributed by atoms with van der Waals surface area (Å²) < 4.78 is 0. The van der Waals surface area contributed by atoms with Gasteiger partial charge < -0.3 is 5.32 Å². The molecule has 2 rings (SSSR count). The van der Waals surface area contributed by atoms with Crippen LogP contribution in [0.2, 0.25) is 5.15 Å². The van der Waals surface area contributed by atoms with Crippen LogP contribution < -0.4 is 5.32 Å². The van der Waals surface area contributed by atoms with E-state index < -0.39 is 5.54 Å². The van der Waals surface area contributed by atoms with E-state index in [1.165, 1.54) is 18.8 Å². The zero-order valence-corrected chi connectivity index (χ0v) is 12.0. The molecule has 0 aromatic carbocycles. The highest BCUT2D eigenvalue weighted by molar-refractivity contribution is 6.29. The average molecular weight is 293 g/mol. The lowest BCUT2D eigenvalue weighted by atomic mass is 9.85. The van der Waals surface area contributed by atoms with Crippen molar-refractivity contribution < 1.29 is 4.79 Å². The van der Waals surface area contributed by atoms with Crippen molar-refractivity contribution in [2.24, 2.45) is 0 Å². The van der Waals surface area contributed by atoms with Crippen LogP contribution in [0.15, 0.2) is 12.4 Å². The number of nitrogens with one attached hydrogen (secondary N) is 1. The van der Waals surface area contributed by atoms with Crippen LogP contribution in [-0.4, -0.2) is 21.4 Å². The number of halogens is 1. The second kappa shape index (κ2) is 6.67. The van der Waals surface area contributed by atoms with Gasteiger partial charge in [-0.15, -0.1) is 0 Å². The van der Waals surface area contributed by atoms with E-state index in [4.69, 9.17) is 11.6 Å². The van der Waals surface area contributed by atoms with Crippen LogP contribution in [0.25, 0.3) is 0 Å². The Morgan fingerprint density at radius 1 is 1.20 bits per heavy atom. The molecule has 0 unspecified atom stereocenters. The topological polar surface area (TPSA) is 78.7 Å². The molecule has 0 bridgehead atoms. The molecule has 0 saturated heterocycles. The van der Waals surface area contributed by atoms with Crippen molar-refractivity contribution in [1.29, 1.82) is 5.26 Å². The molecule has 5 nitrogen and oxygen atoms in total. The van der Waals surface area contributed by atoms with Crippen molar-refractivity contribution >= 4 is 17.5 Å². The molecule has 1 fully saturated rings. The second-order valence-electron chi connectivity index (χ2n) is 5.14. The number of amides is 1. The van der Waals surface area contributed by atoms with E-state index in [1.807, 2.05) is 0 Å². The molecule has 1 aliphatic carbocycles. The summed E-state index contributed by atoms with van der Waals surface area (Å²) in [6.45, 7) is 0. The van der Waals surface area contributed by atoms with Gasteiger partial charge in [0, 0.05) is 0 Å². The van der Waals surface area contributed by atoms with Gasteiger partial charge in [-0.2, -0.15) is 5.26 Å². The highest BCUT2D eigenvalue weighted by Crippen LogP contribution is 2.26. The predicted molar refractivity (Wildman–Crippen MR) is 75.2 cm³/mol. The average Bonchev–Trinajstić information content (AvgIpc) is 2.43. The number of carbonyl (C=O) groups excluding carboxylic acids is 1. The Morgan fingerprint density at radius 2 is 1.85 bits per heavy atom. The standard InChI is InChI=1S/C14H17ClN4O/c15-12-9-17-11(8-18-12)13(20)19-14(10-16)6-4-2-1-3-5-7-14/h8-9H,1-7H2,(H,19,20). The number of aromatic nitrogens is 2. The first-order valence-corrected chi connectivity index (χ1v) is 7.24. The smallest absolute Gasteiger partial charge is 0.272 e. The summed E-state index contributed by atoms with van der Waals surface area (Å²) in [5.74, 6) is -0.365. The largest absolute Gasteiger partial charge is 0.332 e. The van der Waals surface area contributed by atoms with Crippen LogP contribution in [0, 0.1) is 11.3 Å². The van der Waals surface area contributed by atoms with E-state index in [1.54, 1.807) is 0 Å². The Labute approximate surface area is 123 Å². The van der Waals surface area contributed by atoms with Gasteiger partial charge >= 0.3 is 0 Å². The fourth-order valence-electron chi connectivity index (χ4n) is 2.48. The molecule has 1 aromatic heterocycles. The predicted octanol–water partition coefficient (Wildman–Crippen LogP) is 2.87. The van der Waals surface area contributed by atoms with Crippen molar-refractivity contribution in [2.45, 2.75) is 50.5 Å². The number of rotatable bonds is 2. The summed E-state index contributed by atoms with van der Waals surface area (Å²) >= 11 is 5.64. The third kappa shape index (κ3) is 3.67. The van der Waals surface area contributed by atoms with Gasteiger partial charge in [0.2, 0.25) is 0 Å². The molecule has 1 amide bonds. The molecule has 6 heteroatoms. The Morgan fingerprint density at radius 3 is 2.40 bits per heavy atom. The molecule has 1 N–H and O–H groups in total. The van der Waals surface area contributed by atoms with Crippen molar-refractivity contribution in [2.75, 3.05) is 0 Å². The van der Waals surface area contributed by atoms with E-state index in [0.29, 0.717) is 12.8 Å². The fraction of sp³-hybridized carbons (Fsp3) is 0.571. The minimum absolute atomic E-state index is 0.186. The minimum Gasteiger partial charge on any atom is -0.332 e. The van der Waals surface area contributed by atoms with Crippen LogP contribution in [0.5, 0.6) is 0 Å². The van der Waals surface area contributed by atoms with E-state index in [-0.39, 0.29) is 16.8 Å². The molecule has 0 atom stereocenters. The highest BCUT2D eigenvalue weighted by Gasteiger charge is 2.32. The van der Waals surface area contributed by atoms with Gasteiger partial charge in [-0.1, -0.05) is 43.7 Å². The number of hydrogen-bond donors (Lipinski definition) is 1. The quantitative estimate of drug-likeness (QED) is 0.909. The summed E-state index contributed by atoms with van der Waals surface area (Å²) in [6, 6.07) is 2.29. The Hall–Kier alpha value is -1.67. The van der Waals surface area contributed by atoms with Crippen LogP contribution >= 0.6 is 11.6 Å². The highest BCUT2D eigenvalue weighted by atomic mass is 35.5. The maximum absolute atomic E-state index is 12.2. The van der Waals surface area contributed by atoms with Gasteiger partial charge in [0.05, 0.1) is 18.5 Å². The summed E-state index contributed by atoms with van der Waals surface area (Å²) in [4.78, 5) is 19.9. The minimum atomic E-state index is -0.779. The SMILES string of the molecule is N#CC1(NC(=O)c2cnc(Cl)cn2)CCCCCCC1. The zero-order valence-electron chi connectivity index (χ0n) is 11.2. The lowest BCUT2D eigenvalue weighted by Crippen LogP contribution is -2.48. The van der Waals surface area contributed by atoms with Gasteiger partial charge in [-0.05, 0) is 12.8 Å². The molecule has 20 heavy (non-hydrogen) atoms. The van der Waals surface area contributed by atoms with E-state index in [0.717, 1.165) is 25.7 Å². The molecule has 0 spiro atoms. The number of hydrogen-bond acceptors (Lipinski definition) is 4. The van der Waals surface area contributed by atoms with E-state index >= 15 is 0 Å². The molecular weight excluding hydrogens is 276 g/mol. The monoisotopic (exact) mass is 292 g/mol. The van der Waals surface area contributed by atoms with Crippen molar-refractivity contribution in [3.63, 3.8) is 0 Å². The number of carbonyl (C=O) groups is 1. The van der Waals surface area contributed by atoms with Gasteiger partial charge in [0.15, 0.2) is 0 Å². The van der Waals surface area contributed by atoms with E-state index in [9.17, 15) is 10.1 Å². The van der Waals surface area contributed by atoms with Crippen molar-refractivity contribution in [1.82, 2.24) is 15.3 Å². The molecule has 106 valence electrons. The first-order valence-electron chi connectivity index (χ1n) is 6.86. The Kier molecular flexibility index (Phi) is 4.91. The van der Waals surface area contributed by atoms with Gasteiger partial charge in [0.1, 0.15) is 16.4 Å². The van der Waals surface area contributed by atoms with Crippen molar-refractivity contribution in [3.8, 4) is 6.07 Å². The Balaban J connectivity index is 2.10. The molecular formula is C14H17ClN4O. The number of nitrogens with zero attached hydrogens (tertiary/aromatic N) is 3. The molecule has 1 aliphatic rings. The number of nitriles is 1. The van der Waals surface area contributed by atoms with Crippen LogP contribution in [0.4, 0.5) is 0 Å². The first kappa shape index (κ1) is 14.7. The maximum atomic E-state index is 12.2. The Bertz CT molecular complexity index is 501. The lowest BCUT2D eigenvalue weighted by molar-refractivity contribution is 0.0902. The van der Waals surface area contributed by atoms with Gasteiger partial charge in [0.25, 0.3) is 5.91 Å². The third-order valence-electron chi connectivity index (χ3n) is 3.63. The molecule has 1 heterocycles. The maximum Gasteiger partial charge on any atom is 0.272 e. The molecule has 1 aromatic rings. The third-order valence-corrected chi connectivity index (χ3v) is 3.82. The van der Waals surface area contributed by atoms with Crippen molar-refractivity contribution in [3.05, 3.63) is 23.2 Å². The van der Waals surface area contributed by atoms with Gasteiger partial charge in [-0.3, -0.25) is 4.79 Å². The second-order valence-corrected chi connectivity index (χ2v) is 5.53. The van der Waals surface area contributed by atoms with Crippen LogP contribution in [-0.2, 0) is 0 Å². The zero-order chi connectivity index (χ0) is 14.4.